The van der Waals surface area contributed by atoms with Crippen molar-refractivity contribution in [1.29, 1.82) is 0 Å². The number of aryl methyl sites for hydroxylation is 2. The Hall–Kier alpha value is -4.13. The Kier molecular flexibility index (Phi) is 5.41. The Morgan fingerprint density at radius 3 is 2.65 bits per heavy atom. The van der Waals surface area contributed by atoms with Crippen molar-refractivity contribution in [1.82, 2.24) is 9.55 Å². The lowest BCUT2D eigenvalue weighted by molar-refractivity contribution is 0.373. The van der Waals surface area contributed by atoms with Crippen LogP contribution in [0.15, 0.2) is 70.6 Å². The summed E-state index contributed by atoms with van der Waals surface area (Å²) in [5.41, 5.74) is 6.73. The zero-order chi connectivity index (χ0) is 22.0. The highest BCUT2D eigenvalue weighted by Crippen LogP contribution is 2.25. The van der Waals surface area contributed by atoms with Gasteiger partial charge in [0, 0.05) is 0 Å². The van der Waals surface area contributed by atoms with Gasteiger partial charge in [0.1, 0.15) is 0 Å². The van der Waals surface area contributed by atoms with E-state index in [0.29, 0.717) is 28.2 Å². The van der Waals surface area contributed by atoms with Crippen LogP contribution in [0, 0.1) is 13.8 Å². The summed E-state index contributed by atoms with van der Waals surface area (Å²) >= 11 is 0. The second-order valence-electron chi connectivity index (χ2n) is 7.18. The summed E-state index contributed by atoms with van der Waals surface area (Å²) in [4.78, 5) is 17.9. The summed E-state index contributed by atoms with van der Waals surface area (Å²) in [6, 6.07) is 18.0. The van der Waals surface area contributed by atoms with E-state index in [1.165, 1.54) is 24.0 Å². The number of hydrazone groups is 1. The van der Waals surface area contributed by atoms with Crippen molar-refractivity contribution in [2.45, 2.75) is 13.8 Å². The quantitative estimate of drug-likeness (QED) is 0.378. The maximum atomic E-state index is 13.3. The Morgan fingerprint density at radius 2 is 1.90 bits per heavy atom. The first kappa shape index (κ1) is 20.2. The van der Waals surface area contributed by atoms with E-state index >= 15 is 0 Å². The van der Waals surface area contributed by atoms with Crippen molar-refractivity contribution in [3.63, 3.8) is 0 Å². The molecule has 0 spiro atoms. The molecule has 2 N–H and O–H groups in total. The van der Waals surface area contributed by atoms with Gasteiger partial charge in [0.25, 0.3) is 5.56 Å². The zero-order valence-corrected chi connectivity index (χ0v) is 17.5. The number of phenolic OH excluding ortho intramolecular Hbond substituents is 1. The van der Waals surface area contributed by atoms with Crippen LogP contribution in [0.4, 0.5) is 5.95 Å². The molecule has 0 atom stereocenters. The number of hydrogen-bond donors (Lipinski definition) is 2. The van der Waals surface area contributed by atoms with Gasteiger partial charge in [0.2, 0.25) is 5.95 Å². The minimum Gasteiger partial charge on any atom is -0.504 e. The summed E-state index contributed by atoms with van der Waals surface area (Å²) in [5, 5.41) is 14.7. The highest BCUT2D eigenvalue weighted by molar-refractivity contribution is 5.82. The van der Waals surface area contributed by atoms with Crippen LogP contribution in [-0.2, 0) is 0 Å². The normalized spacial score (nSPS) is 11.2. The van der Waals surface area contributed by atoms with Crippen LogP contribution < -0.4 is 15.7 Å². The van der Waals surface area contributed by atoms with Crippen LogP contribution in [0.1, 0.15) is 16.7 Å². The highest BCUT2D eigenvalue weighted by Gasteiger charge is 2.14. The Labute approximate surface area is 179 Å². The van der Waals surface area contributed by atoms with Gasteiger partial charge in [-0.05, 0) is 61.4 Å². The molecular weight excluding hydrogens is 392 g/mol. The molecule has 3 aromatic carbocycles. The number of benzene rings is 3. The van der Waals surface area contributed by atoms with E-state index in [9.17, 15) is 9.90 Å². The molecule has 31 heavy (non-hydrogen) atoms. The van der Waals surface area contributed by atoms with Gasteiger partial charge in [-0.25, -0.2) is 15.0 Å². The first-order valence-electron chi connectivity index (χ1n) is 9.73. The molecule has 4 aromatic rings. The van der Waals surface area contributed by atoms with Crippen LogP contribution >= 0.6 is 0 Å². The lowest BCUT2D eigenvalue weighted by atomic mass is 10.1. The van der Waals surface area contributed by atoms with Crippen molar-refractivity contribution >= 4 is 23.1 Å². The third-order valence-corrected chi connectivity index (χ3v) is 4.95. The largest absolute Gasteiger partial charge is 0.504 e. The maximum Gasteiger partial charge on any atom is 0.267 e. The summed E-state index contributed by atoms with van der Waals surface area (Å²) in [6.07, 6.45) is 1.53. The number of rotatable bonds is 5. The first-order valence-corrected chi connectivity index (χ1v) is 9.73. The molecule has 4 rings (SSSR count). The third kappa shape index (κ3) is 3.98. The molecule has 0 amide bonds. The molecule has 7 nitrogen and oxygen atoms in total. The van der Waals surface area contributed by atoms with Crippen molar-refractivity contribution in [3.8, 4) is 17.2 Å². The van der Waals surface area contributed by atoms with Crippen LogP contribution in [0.3, 0.4) is 0 Å². The lowest BCUT2D eigenvalue weighted by Crippen LogP contribution is -2.23. The Balaban J connectivity index is 1.79. The van der Waals surface area contributed by atoms with E-state index in [0.717, 1.165) is 16.8 Å². The molecule has 0 bridgehead atoms. The SMILES string of the molecule is COc1ccc(/C=N\Nc2nc3ccccc3c(=O)n2-c2ccc(C)cc2C)cc1O. The predicted molar refractivity (Wildman–Crippen MR) is 123 cm³/mol. The molecule has 7 heteroatoms. The minimum atomic E-state index is -0.183. The number of fused-ring (bicyclic) bond motifs is 1. The van der Waals surface area contributed by atoms with E-state index in [1.807, 2.05) is 44.2 Å². The Bertz CT molecular complexity index is 1360. The molecule has 0 aliphatic carbocycles. The average Bonchev–Trinajstić information content (AvgIpc) is 2.75. The van der Waals surface area contributed by atoms with Gasteiger partial charge in [-0.1, -0.05) is 29.8 Å². The molecule has 1 aromatic heterocycles. The van der Waals surface area contributed by atoms with Crippen molar-refractivity contribution in [2.75, 3.05) is 12.5 Å². The summed E-state index contributed by atoms with van der Waals surface area (Å²) in [7, 11) is 1.49. The first-order chi connectivity index (χ1) is 15.0. The van der Waals surface area contributed by atoms with Gasteiger partial charge < -0.3 is 9.84 Å². The van der Waals surface area contributed by atoms with E-state index in [2.05, 4.69) is 15.5 Å². The molecular formula is C24H22N4O3. The molecule has 0 unspecified atom stereocenters. The molecule has 1 heterocycles. The second kappa shape index (κ2) is 8.31. The zero-order valence-electron chi connectivity index (χ0n) is 17.5. The maximum absolute atomic E-state index is 13.3. The smallest absolute Gasteiger partial charge is 0.267 e. The minimum absolute atomic E-state index is 0.0162. The number of anilines is 1. The molecule has 0 aliphatic heterocycles. The summed E-state index contributed by atoms with van der Waals surface area (Å²) in [5.74, 6) is 0.692. The van der Waals surface area contributed by atoms with Gasteiger partial charge in [0.05, 0.1) is 29.9 Å². The fourth-order valence-corrected chi connectivity index (χ4v) is 3.44. The molecule has 0 aliphatic rings. The number of phenols is 1. The molecule has 156 valence electrons. The molecule has 0 saturated heterocycles. The van der Waals surface area contributed by atoms with E-state index in [1.54, 1.807) is 24.3 Å². The molecule has 0 fully saturated rings. The van der Waals surface area contributed by atoms with Gasteiger partial charge in [-0.15, -0.1) is 0 Å². The number of methoxy groups -OCH3 is 1. The van der Waals surface area contributed by atoms with Gasteiger partial charge in [-0.2, -0.15) is 5.10 Å². The van der Waals surface area contributed by atoms with Crippen molar-refractivity contribution < 1.29 is 9.84 Å². The number of nitrogens with one attached hydrogen (secondary N) is 1. The fourth-order valence-electron chi connectivity index (χ4n) is 3.44. The summed E-state index contributed by atoms with van der Waals surface area (Å²) < 4.78 is 6.58. The number of aromatic nitrogens is 2. The Morgan fingerprint density at radius 1 is 1.10 bits per heavy atom. The number of ether oxygens (including phenoxy) is 1. The van der Waals surface area contributed by atoms with Crippen LogP contribution in [0.25, 0.3) is 16.6 Å². The standard InChI is InChI=1S/C24H22N4O3/c1-15-8-10-20(16(2)12-15)28-23(30)18-6-4-5-7-19(18)26-24(28)27-25-14-17-9-11-22(31-3)21(29)13-17/h4-14,29H,1-3H3,(H,26,27)/b25-14-. The number of hydrogen-bond acceptors (Lipinski definition) is 6. The van der Waals surface area contributed by atoms with Crippen LogP contribution in [-0.4, -0.2) is 28.0 Å². The summed E-state index contributed by atoms with van der Waals surface area (Å²) in [6.45, 7) is 3.96. The van der Waals surface area contributed by atoms with Crippen molar-refractivity contribution in [2.24, 2.45) is 5.10 Å². The predicted octanol–water partition coefficient (Wildman–Crippen LogP) is 4.16. The van der Waals surface area contributed by atoms with Gasteiger partial charge in [0.15, 0.2) is 11.5 Å². The van der Waals surface area contributed by atoms with Crippen LogP contribution in [0.5, 0.6) is 11.5 Å². The number of nitrogens with zero attached hydrogens (tertiary/aromatic N) is 3. The average molecular weight is 414 g/mol. The van der Waals surface area contributed by atoms with Gasteiger partial charge >= 0.3 is 0 Å². The topological polar surface area (TPSA) is 88.7 Å². The van der Waals surface area contributed by atoms with E-state index in [4.69, 9.17) is 4.74 Å². The number of aromatic hydroxyl groups is 1. The van der Waals surface area contributed by atoms with Crippen LogP contribution in [0.2, 0.25) is 0 Å². The van der Waals surface area contributed by atoms with Gasteiger partial charge in [-0.3, -0.25) is 4.79 Å². The van der Waals surface area contributed by atoms with Crippen molar-refractivity contribution in [3.05, 3.63) is 87.7 Å². The van der Waals surface area contributed by atoms with E-state index in [-0.39, 0.29) is 11.3 Å². The number of para-hydroxylation sites is 1. The van der Waals surface area contributed by atoms with E-state index < -0.39 is 0 Å². The third-order valence-electron chi connectivity index (χ3n) is 4.95. The lowest BCUT2D eigenvalue weighted by Gasteiger charge is -2.15. The fraction of sp³-hybridized carbons (Fsp3) is 0.125. The molecule has 0 saturated carbocycles. The monoisotopic (exact) mass is 414 g/mol. The second-order valence-corrected chi connectivity index (χ2v) is 7.18. The highest BCUT2D eigenvalue weighted by atomic mass is 16.5. The molecule has 0 radical (unpaired) electrons.